The van der Waals surface area contributed by atoms with Crippen molar-refractivity contribution in [3.05, 3.63) is 0 Å². The van der Waals surface area contributed by atoms with Crippen molar-refractivity contribution in [2.75, 3.05) is 5.75 Å². The summed E-state index contributed by atoms with van der Waals surface area (Å²) in [4.78, 5) is 0. The quantitative estimate of drug-likeness (QED) is 0.726. The van der Waals surface area contributed by atoms with Crippen LogP contribution in [0.25, 0.3) is 0 Å². The summed E-state index contributed by atoms with van der Waals surface area (Å²) in [6.07, 6.45) is 1.87. The zero-order chi connectivity index (χ0) is 8.97. The van der Waals surface area contributed by atoms with Crippen molar-refractivity contribution in [3.8, 4) is 6.07 Å². The molecule has 0 aromatic heterocycles. The molecule has 0 aliphatic carbocycles. The van der Waals surface area contributed by atoms with Crippen LogP contribution in [0.4, 0.5) is 0 Å². The van der Waals surface area contributed by atoms with Crippen molar-refractivity contribution in [3.63, 3.8) is 0 Å². The van der Waals surface area contributed by atoms with Gasteiger partial charge in [0.1, 0.15) is 0 Å². The normalized spacial score (nSPS) is 31.4. The highest BCUT2D eigenvalue weighted by Crippen LogP contribution is 2.26. The van der Waals surface area contributed by atoms with Crippen molar-refractivity contribution in [2.45, 2.75) is 44.0 Å². The highest BCUT2D eigenvalue weighted by atomic mass is 32.2. The third-order valence-electron chi connectivity index (χ3n) is 2.12. The lowest BCUT2D eigenvalue weighted by Crippen LogP contribution is -2.36. The molecule has 0 aromatic carbocycles. The minimum Gasteiger partial charge on any atom is -0.310 e. The molecular formula is C9H16N2S. The van der Waals surface area contributed by atoms with Crippen molar-refractivity contribution in [1.82, 2.24) is 5.32 Å². The summed E-state index contributed by atoms with van der Waals surface area (Å²) in [6, 6.07) is 3.17. The van der Waals surface area contributed by atoms with E-state index in [1.165, 1.54) is 12.2 Å². The molecule has 68 valence electrons. The molecule has 3 heteroatoms. The van der Waals surface area contributed by atoms with Crippen molar-refractivity contribution >= 4 is 11.8 Å². The summed E-state index contributed by atoms with van der Waals surface area (Å²) in [5.41, 5.74) is 0. The molecule has 0 amide bonds. The van der Waals surface area contributed by atoms with Gasteiger partial charge in [0.15, 0.2) is 0 Å². The lowest BCUT2D eigenvalue weighted by molar-refractivity contribution is 0.467. The molecule has 0 bridgehead atoms. The summed E-state index contributed by atoms with van der Waals surface area (Å²) in [7, 11) is 0. The summed E-state index contributed by atoms with van der Waals surface area (Å²) in [5.74, 6) is 1.21. The maximum atomic E-state index is 8.47. The Balaban J connectivity index is 2.19. The fourth-order valence-electron chi connectivity index (χ4n) is 1.53. The van der Waals surface area contributed by atoms with E-state index in [-0.39, 0.29) is 0 Å². The molecule has 1 fully saturated rings. The number of nitriles is 1. The number of hydrogen-bond acceptors (Lipinski definition) is 3. The Morgan fingerprint density at radius 2 is 2.50 bits per heavy atom. The van der Waals surface area contributed by atoms with Crippen LogP contribution < -0.4 is 5.32 Å². The Hall–Kier alpha value is -0.200. The number of hydrogen-bond donors (Lipinski definition) is 1. The van der Waals surface area contributed by atoms with E-state index in [4.69, 9.17) is 5.26 Å². The first kappa shape index (κ1) is 9.88. The maximum Gasteiger partial charge on any atom is 0.0638 e. The smallest absolute Gasteiger partial charge is 0.0638 e. The van der Waals surface area contributed by atoms with E-state index in [9.17, 15) is 0 Å². The van der Waals surface area contributed by atoms with Gasteiger partial charge in [-0.25, -0.2) is 0 Å². The van der Waals surface area contributed by atoms with Crippen LogP contribution in [0.3, 0.4) is 0 Å². The van der Waals surface area contributed by atoms with Crippen molar-refractivity contribution in [2.24, 2.45) is 0 Å². The van der Waals surface area contributed by atoms with Crippen LogP contribution in [0.15, 0.2) is 0 Å². The van der Waals surface area contributed by atoms with Gasteiger partial charge in [0.25, 0.3) is 0 Å². The van der Waals surface area contributed by atoms with Gasteiger partial charge in [-0.3, -0.25) is 0 Å². The van der Waals surface area contributed by atoms with Gasteiger partial charge >= 0.3 is 0 Å². The summed E-state index contributed by atoms with van der Waals surface area (Å²) in [5, 5.41) is 12.7. The van der Waals surface area contributed by atoms with E-state index >= 15 is 0 Å². The molecule has 1 N–H and O–H groups in total. The van der Waals surface area contributed by atoms with Crippen LogP contribution in [0.2, 0.25) is 0 Å². The van der Waals surface area contributed by atoms with Crippen LogP contribution >= 0.6 is 11.8 Å². The molecule has 0 aromatic rings. The van der Waals surface area contributed by atoms with Gasteiger partial charge in [-0.15, -0.1) is 0 Å². The van der Waals surface area contributed by atoms with Gasteiger partial charge in [-0.1, -0.05) is 6.92 Å². The first-order valence-corrected chi connectivity index (χ1v) is 5.52. The first-order chi connectivity index (χ1) is 5.72. The summed E-state index contributed by atoms with van der Waals surface area (Å²) < 4.78 is 0. The van der Waals surface area contributed by atoms with E-state index in [0.717, 1.165) is 5.25 Å². The predicted molar refractivity (Wildman–Crippen MR) is 53.2 cm³/mol. The topological polar surface area (TPSA) is 35.8 Å². The van der Waals surface area contributed by atoms with Crippen LogP contribution in [0, 0.1) is 11.3 Å². The molecule has 1 aliphatic heterocycles. The third-order valence-corrected chi connectivity index (χ3v) is 3.47. The zero-order valence-electron chi connectivity index (χ0n) is 7.71. The molecule has 12 heavy (non-hydrogen) atoms. The molecule has 2 nitrogen and oxygen atoms in total. The summed E-state index contributed by atoms with van der Waals surface area (Å²) in [6.45, 7) is 4.35. The summed E-state index contributed by atoms with van der Waals surface area (Å²) >= 11 is 2.02. The molecular weight excluding hydrogens is 168 g/mol. The lowest BCUT2D eigenvalue weighted by Gasteiger charge is -2.15. The molecule has 3 atom stereocenters. The van der Waals surface area contributed by atoms with Gasteiger partial charge in [-0.05, 0) is 13.3 Å². The Kier molecular flexibility index (Phi) is 3.90. The lowest BCUT2D eigenvalue weighted by atomic mass is 10.1. The van der Waals surface area contributed by atoms with E-state index < -0.39 is 0 Å². The molecule has 0 saturated carbocycles. The van der Waals surface area contributed by atoms with Gasteiger partial charge in [0.2, 0.25) is 0 Å². The second kappa shape index (κ2) is 4.74. The van der Waals surface area contributed by atoms with Crippen molar-refractivity contribution in [1.29, 1.82) is 5.26 Å². The Morgan fingerprint density at radius 3 is 3.00 bits per heavy atom. The predicted octanol–water partition coefficient (Wildman–Crippen LogP) is 1.77. The maximum absolute atomic E-state index is 8.47. The molecule has 1 rings (SSSR count). The van der Waals surface area contributed by atoms with Crippen LogP contribution in [0.1, 0.15) is 26.7 Å². The fraction of sp³-hybridized carbons (Fsp3) is 0.889. The van der Waals surface area contributed by atoms with E-state index in [1.54, 1.807) is 0 Å². The van der Waals surface area contributed by atoms with E-state index in [2.05, 4.69) is 25.2 Å². The first-order valence-electron chi connectivity index (χ1n) is 4.47. The Labute approximate surface area is 78.7 Å². The highest BCUT2D eigenvalue weighted by Gasteiger charge is 2.22. The fourth-order valence-corrected chi connectivity index (χ4v) is 2.69. The molecule has 0 radical (unpaired) electrons. The molecule has 1 heterocycles. The van der Waals surface area contributed by atoms with Gasteiger partial charge in [-0.2, -0.15) is 17.0 Å². The number of rotatable bonds is 3. The average Bonchev–Trinajstić information content (AvgIpc) is 2.36. The van der Waals surface area contributed by atoms with Gasteiger partial charge in [0.05, 0.1) is 12.5 Å². The monoisotopic (exact) mass is 184 g/mol. The van der Waals surface area contributed by atoms with Gasteiger partial charge in [0, 0.05) is 23.1 Å². The average molecular weight is 184 g/mol. The van der Waals surface area contributed by atoms with E-state index in [1.807, 2.05) is 11.8 Å². The third kappa shape index (κ3) is 3.04. The highest BCUT2D eigenvalue weighted by molar-refractivity contribution is 8.00. The van der Waals surface area contributed by atoms with Crippen LogP contribution in [-0.2, 0) is 0 Å². The molecule has 3 unspecified atom stereocenters. The standard InChI is InChI=1S/C9H16N2S/c1-7(3-4-10)11-9-5-8(2)12-6-9/h7-9,11H,3,5-6H2,1-2H3. The van der Waals surface area contributed by atoms with Crippen molar-refractivity contribution < 1.29 is 0 Å². The number of nitrogens with one attached hydrogen (secondary N) is 1. The second-order valence-corrected chi connectivity index (χ2v) is 4.98. The zero-order valence-corrected chi connectivity index (χ0v) is 8.53. The Morgan fingerprint density at radius 1 is 1.75 bits per heavy atom. The number of nitrogens with zero attached hydrogens (tertiary/aromatic N) is 1. The second-order valence-electron chi connectivity index (χ2n) is 3.51. The van der Waals surface area contributed by atoms with Gasteiger partial charge < -0.3 is 5.32 Å². The molecule has 0 spiro atoms. The Bertz CT molecular complexity index is 176. The number of thioether (sulfide) groups is 1. The molecule has 1 saturated heterocycles. The SMILES string of the molecule is CC(CC#N)NC1CSC(C)C1. The van der Waals surface area contributed by atoms with E-state index in [0.29, 0.717) is 18.5 Å². The van der Waals surface area contributed by atoms with Crippen LogP contribution in [0.5, 0.6) is 0 Å². The minimum absolute atomic E-state index is 0.353. The largest absolute Gasteiger partial charge is 0.310 e. The molecule has 1 aliphatic rings. The minimum atomic E-state index is 0.353. The van der Waals surface area contributed by atoms with Crippen LogP contribution in [-0.4, -0.2) is 23.1 Å².